The predicted molar refractivity (Wildman–Crippen MR) is 75.9 cm³/mol. The molecular weight excluding hydrogens is 222 g/mol. The van der Waals surface area contributed by atoms with Crippen molar-refractivity contribution in [1.29, 1.82) is 0 Å². The lowest BCUT2D eigenvalue weighted by Crippen LogP contribution is -2.31. The molecule has 2 rings (SSSR count). The van der Waals surface area contributed by atoms with E-state index in [-0.39, 0.29) is 0 Å². The van der Waals surface area contributed by atoms with E-state index >= 15 is 0 Å². The third-order valence-electron chi connectivity index (χ3n) is 3.99. The fraction of sp³-hybridized carbons (Fsp3) is 0.625. The van der Waals surface area contributed by atoms with Crippen LogP contribution in [0, 0.1) is 5.92 Å². The molecule has 0 aliphatic heterocycles. The van der Waals surface area contributed by atoms with Gasteiger partial charge in [-0.25, -0.2) is 0 Å². The monoisotopic (exact) mass is 247 g/mol. The van der Waals surface area contributed by atoms with Gasteiger partial charge in [-0.15, -0.1) is 0 Å². The van der Waals surface area contributed by atoms with Gasteiger partial charge in [-0.1, -0.05) is 31.0 Å². The lowest BCUT2D eigenvalue weighted by Gasteiger charge is -2.21. The molecule has 1 aromatic rings. The highest BCUT2D eigenvalue weighted by Gasteiger charge is 2.21. The van der Waals surface area contributed by atoms with Crippen molar-refractivity contribution >= 4 is 0 Å². The highest BCUT2D eigenvalue weighted by Crippen LogP contribution is 2.28. The van der Waals surface area contributed by atoms with Crippen molar-refractivity contribution in [2.24, 2.45) is 5.92 Å². The first-order chi connectivity index (χ1) is 8.81. The summed E-state index contributed by atoms with van der Waals surface area (Å²) in [4.78, 5) is 0. The molecule has 0 aromatic heterocycles. The molecule has 0 saturated heterocycles. The highest BCUT2D eigenvalue weighted by molar-refractivity contribution is 5.33. The van der Waals surface area contributed by atoms with Crippen LogP contribution < -0.4 is 10.1 Å². The lowest BCUT2D eigenvalue weighted by atomic mass is 9.99. The summed E-state index contributed by atoms with van der Waals surface area (Å²) in [5.74, 6) is 1.88. The summed E-state index contributed by atoms with van der Waals surface area (Å²) in [6.07, 6.45) is 5.60. The maximum absolute atomic E-state index is 5.65. The van der Waals surface area contributed by atoms with Crippen LogP contribution in [0.25, 0.3) is 0 Å². The van der Waals surface area contributed by atoms with Crippen molar-refractivity contribution in [3.8, 4) is 5.75 Å². The summed E-state index contributed by atoms with van der Waals surface area (Å²) in [6, 6.07) is 8.94. The maximum Gasteiger partial charge on any atom is 0.123 e. The fourth-order valence-corrected chi connectivity index (χ4v) is 2.84. The Morgan fingerprint density at radius 3 is 2.72 bits per heavy atom. The average Bonchev–Trinajstić information content (AvgIpc) is 2.92. The molecule has 2 nitrogen and oxygen atoms in total. The minimum Gasteiger partial charge on any atom is -0.494 e. The number of nitrogens with one attached hydrogen (secondary N) is 1. The summed E-state index contributed by atoms with van der Waals surface area (Å²) >= 11 is 0. The van der Waals surface area contributed by atoms with Crippen LogP contribution in [-0.2, 0) is 6.54 Å². The van der Waals surface area contributed by atoms with Crippen molar-refractivity contribution in [1.82, 2.24) is 5.32 Å². The van der Waals surface area contributed by atoms with Gasteiger partial charge in [0.15, 0.2) is 0 Å². The minimum atomic E-state index is 0.613. The van der Waals surface area contributed by atoms with Crippen LogP contribution in [0.2, 0.25) is 0 Å². The van der Waals surface area contributed by atoms with Gasteiger partial charge >= 0.3 is 0 Å². The van der Waals surface area contributed by atoms with Crippen LogP contribution in [0.15, 0.2) is 24.3 Å². The molecule has 1 N–H and O–H groups in total. The summed E-state index contributed by atoms with van der Waals surface area (Å²) in [7, 11) is 0. The number of benzene rings is 1. The van der Waals surface area contributed by atoms with Crippen molar-refractivity contribution in [2.75, 3.05) is 6.61 Å². The van der Waals surface area contributed by atoms with Gasteiger partial charge < -0.3 is 10.1 Å². The van der Waals surface area contributed by atoms with Gasteiger partial charge in [0.05, 0.1) is 6.61 Å². The van der Waals surface area contributed by atoms with Gasteiger partial charge in [-0.3, -0.25) is 0 Å². The van der Waals surface area contributed by atoms with Gasteiger partial charge in [-0.2, -0.15) is 0 Å². The molecule has 0 bridgehead atoms. The molecule has 0 heterocycles. The summed E-state index contributed by atoms with van der Waals surface area (Å²) in [5, 5.41) is 3.66. The van der Waals surface area contributed by atoms with Crippen LogP contribution in [0.1, 0.15) is 45.1 Å². The largest absolute Gasteiger partial charge is 0.494 e. The molecule has 1 aromatic carbocycles. The van der Waals surface area contributed by atoms with Gasteiger partial charge in [0.2, 0.25) is 0 Å². The van der Waals surface area contributed by atoms with E-state index in [0.717, 1.165) is 24.8 Å². The highest BCUT2D eigenvalue weighted by atomic mass is 16.5. The Bertz CT molecular complexity index is 358. The minimum absolute atomic E-state index is 0.613. The lowest BCUT2D eigenvalue weighted by molar-refractivity contribution is 0.331. The van der Waals surface area contributed by atoms with Crippen molar-refractivity contribution in [3.63, 3.8) is 0 Å². The zero-order valence-electron chi connectivity index (χ0n) is 11.6. The topological polar surface area (TPSA) is 21.3 Å². The molecule has 1 aliphatic carbocycles. The zero-order chi connectivity index (χ0) is 12.8. The Kier molecular flexibility index (Phi) is 5.06. The molecule has 100 valence electrons. The van der Waals surface area contributed by atoms with E-state index in [1.165, 1.54) is 31.2 Å². The van der Waals surface area contributed by atoms with E-state index in [1.54, 1.807) is 0 Å². The second-order valence-corrected chi connectivity index (χ2v) is 5.25. The Morgan fingerprint density at radius 2 is 2.00 bits per heavy atom. The predicted octanol–water partition coefficient (Wildman–Crippen LogP) is 3.75. The number of ether oxygens (including phenoxy) is 1. The first kappa shape index (κ1) is 13.4. The molecule has 1 unspecified atom stereocenters. The van der Waals surface area contributed by atoms with Crippen LogP contribution in [0.3, 0.4) is 0 Å². The molecule has 0 spiro atoms. The number of para-hydroxylation sites is 1. The van der Waals surface area contributed by atoms with E-state index < -0.39 is 0 Å². The SMILES string of the molecule is CCOc1ccccc1CNC(C)C1CCCC1. The molecule has 2 heteroatoms. The van der Waals surface area contributed by atoms with Gasteiger partial charge in [0.1, 0.15) is 5.75 Å². The first-order valence-corrected chi connectivity index (χ1v) is 7.25. The number of hydrogen-bond acceptors (Lipinski definition) is 2. The molecule has 1 saturated carbocycles. The summed E-state index contributed by atoms with van der Waals surface area (Å²) in [5.41, 5.74) is 1.27. The smallest absolute Gasteiger partial charge is 0.123 e. The molecule has 18 heavy (non-hydrogen) atoms. The van der Waals surface area contributed by atoms with Crippen LogP contribution in [0.4, 0.5) is 0 Å². The van der Waals surface area contributed by atoms with Crippen molar-refractivity contribution in [3.05, 3.63) is 29.8 Å². The van der Waals surface area contributed by atoms with E-state index in [2.05, 4.69) is 30.4 Å². The Hall–Kier alpha value is -1.02. The van der Waals surface area contributed by atoms with Crippen LogP contribution in [0.5, 0.6) is 5.75 Å². The third-order valence-corrected chi connectivity index (χ3v) is 3.99. The molecule has 1 aliphatic rings. The Labute approximate surface area is 111 Å². The molecule has 0 radical (unpaired) electrons. The molecule has 1 fully saturated rings. The van der Waals surface area contributed by atoms with Crippen molar-refractivity contribution in [2.45, 2.75) is 52.1 Å². The van der Waals surface area contributed by atoms with Crippen LogP contribution in [-0.4, -0.2) is 12.6 Å². The van der Waals surface area contributed by atoms with E-state index in [9.17, 15) is 0 Å². The van der Waals surface area contributed by atoms with Gasteiger partial charge in [-0.05, 0) is 38.7 Å². The second-order valence-electron chi connectivity index (χ2n) is 5.25. The fourth-order valence-electron chi connectivity index (χ4n) is 2.84. The Morgan fingerprint density at radius 1 is 1.28 bits per heavy atom. The zero-order valence-corrected chi connectivity index (χ0v) is 11.6. The summed E-state index contributed by atoms with van der Waals surface area (Å²) in [6.45, 7) is 5.99. The van der Waals surface area contributed by atoms with Crippen molar-refractivity contribution < 1.29 is 4.74 Å². The molecule has 0 amide bonds. The normalized spacial score (nSPS) is 17.9. The van der Waals surface area contributed by atoms with E-state index in [0.29, 0.717) is 6.04 Å². The average molecular weight is 247 g/mol. The van der Waals surface area contributed by atoms with Gasteiger partial charge in [0.25, 0.3) is 0 Å². The Balaban J connectivity index is 1.88. The van der Waals surface area contributed by atoms with Crippen LogP contribution >= 0.6 is 0 Å². The summed E-state index contributed by atoms with van der Waals surface area (Å²) < 4.78 is 5.65. The van der Waals surface area contributed by atoms with E-state index in [4.69, 9.17) is 4.74 Å². The third kappa shape index (κ3) is 3.49. The number of hydrogen-bond donors (Lipinski definition) is 1. The number of rotatable bonds is 6. The quantitative estimate of drug-likeness (QED) is 0.826. The maximum atomic E-state index is 5.65. The van der Waals surface area contributed by atoms with Gasteiger partial charge in [0, 0.05) is 18.2 Å². The molecule has 1 atom stereocenters. The second kappa shape index (κ2) is 6.79. The standard InChI is InChI=1S/C16H25NO/c1-3-18-16-11-7-6-10-15(16)12-17-13(2)14-8-4-5-9-14/h6-7,10-11,13-14,17H,3-5,8-9,12H2,1-2H3. The molecular formula is C16H25NO. The first-order valence-electron chi connectivity index (χ1n) is 7.25. The van der Waals surface area contributed by atoms with E-state index in [1.807, 2.05) is 13.0 Å².